The van der Waals surface area contributed by atoms with Crippen LogP contribution in [0.2, 0.25) is 0 Å². The molecule has 0 bridgehead atoms. The summed E-state index contributed by atoms with van der Waals surface area (Å²) in [4.78, 5) is 9.87. The lowest BCUT2D eigenvalue weighted by Crippen LogP contribution is -1.97. The molecule has 0 unspecified atom stereocenters. The fraction of sp³-hybridized carbons (Fsp3) is 0. The Morgan fingerprint density at radius 3 is 2.77 bits per heavy atom. The maximum atomic E-state index is 9.87. The number of benzene rings is 1. The molecule has 0 aliphatic heterocycles. The predicted molar refractivity (Wildman–Crippen MR) is 48.0 cm³/mol. The Balaban J connectivity index is 2.88. The Kier molecular flexibility index (Phi) is 2.92. The van der Waals surface area contributed by atoms with Crippen LogP contribution >= 0.6 is 0 Å². The average Bonchev–Trinajstić information content (AvgIpc) is 2.13. The van der Waals surface area contributed by atoms with E-state index in [0.717, 1.165) is 0 Å². The summed E-state index contributed by atoms with van der Waals surface area (Å²) in [5.41, 5.74) is 0.439. The Morgan fingerprint density at radius 2 is 2.08 bits per heavy atom. The molecule has 0 aliphatic carbocycles. The second-order valence-corrected chi connectivity index (χ2v) is 2.33. The molecule has 4 nitrogen and oxygen atoms in total. The SMILES string of the molecule is O=CN/C=C/c1cccc(O)c1O. The third-order valence-corrected chi connectivity index (χ3v) is 1.47. The molecule has 4 heteroatoms. The van der Waals surface area contributed by atoms with E-state index >= 15 is 0 Å². The van der Waals surface area contributed by atoms with Gasteiger partial charge in [-0.05, 0) is 12.1 Å². The summed E-state index contributed by atoms with van der Waals surface area (Å²) in [6, 6.07) is 4.58. The largest absolute Gasteiger partial charge is 0.504 e. The van der Waals surface area contributed by atoms with Gasteiger partial charge in [0.1, 0.15) is 0 Å². The molecule has 3 N–H and O–H groups in total. The van der Waals surface area contributed by atoms with Crippen molar-refractivity contribution in [2.45, 2.75) is 0 Å². The molecule has 0 saturated carbocycles. The number of rotatable bonds is 3. The zero-order valence-electron chi connectivity index (χ0n) is 6.77. The molecule has 0 fully saturated rings. The van der Waals surface area contributed by atoms with Crippen LogP contribution in [0.4, 0.5) is 0 Å². The Bertz CT molecular complexity index is 334. The molecule has 0 aliphatic rings. The van der Waals surface area contributed by atoms with E-state index in [4.69, 9.17) is 5.11 Å². The quantitative estimate of drug-likeness (QED) is 0.475. The minimum atomic E-state index is -0.202. The third kappa shape index (κ3) is 2.23. The van der Waals surface area contributed by atoms with Crippen molar-refractivity contribution in [3.05, 3.63) is 30.0 Å². The third-order valence-electron chi connectivity index (χ3n) is 1.47. The summed E-state index contributed by atoms with van der Waals surface area (Å²) in [5, 5.41) is 20.7. The van der Waals surface area contributed by atoms with Gasteiger partial charge in [0.05, 0.1) is 0 Å². The second-order valence-electron chi connectivity index (χ2n) is 2.33. The average molecular weight is 179 g/mol. The molecule has 0 spiro atoms. The summed E-state index contributed by atoms with van der Waals surface area (Å²) < 4.78 is 0. The van der Waals surface area contributed by atoms with Gasteiger partial charge in [-0.1, -0.05) is 12.1 Å². The minimum absolute atomic E-state index is 0.187. The van der Waals surface area contributed by atoms with Gasteiger partial charge >= 0.3 is 0 Å². The number of para-hydroxylation sites is 1. The van der Waals surface area contributed by atoms with E-state index < -0.39 is 0 Å². The van der Waals surface area contributed by atoms with Crippen molar-refractivity contribution >= 4 is 12.5 Å². The van der Waals surface area contributed by atoms with Gasteiger partial charge in [-0.15, -0.1) is 0 Å². The molecule has 1 rings (SSSR count). The highest BCUT2D eigenvalue weighted by molar-refractivity contribution is 5.62. The van der Waals surface area contributed by atoms with Gasteiger partial charge in [0.15, 0.2) is 11.5 Å². The lowest BCUT2D eigenvalue weighted by molar-refractivity contribution is -0.108. The van der Waals surface area contributed by atoms with Gasteiger partial charge in [0.2, 0.25) is 6.41 Å². The summed E-state index contributed by atoms with van der Waals surface area (Å²) in [6.45, 7) is 0. The lowest BCUT2D eigenvalue weighted by Gasteiger charge is -2.00. The summed E-state index contributed by atoms with van der Waals surface area (Å²) in [7, 11) is 0. The number of hydrogen-bond acceptors (Lipinski definition) is 3. The molecule has 0 saturated heterocycles. The number of hydrogen-bond donors (Lipinski definition) is 3. The van der Waals surface area contributed by atoms with Crippen molar-refractivity contribution in [1.29, 1.82) is 0 Å². The first kappa shape index (κ1) is 9.12. The van der Waals surface area contributed by atoms with Crippen molar-refractivity contribution in [1.82, 2.24) is 5.32 Å². The van der Waals surface area contributed by atoms with Gasteiger partial charge < -0.3 is 15.5 Å². The van der Waals surface area contributed by atoms with E-state index in [1.807, 2.05) is 0 Å². The first-order valence-corrected chi connectivity index (χ1v) is 3.63. The molecule has 1 aromatic carbocycles. The first-order valence-electron chi connectivity index (χ1n) is 3.63. The van der Waals surface area contributed by atoms with Crippen molar-refractivity contribution in [2.24, 2.45) is 0 Å². The number of aromatic hydroxyl groups is 2. The molecule has 0 aromatic heterocycles. The second kappa shape index (κ2) is 4.15. The topological polar surface area (TPSA) is 69.6 Å². The molecule has 68 valence electrons. The van der Waals surface area contributed by atoms with Gasteiger partial charge in [-0.25, -0.2) is 0 Å². The van der Waals surface area contributed by atoms with E-state index in [9.17, 15) is 9.90 Å². The maximum absolute atomic E-state index is 9.87. The number of amides is 1. The van der Waals surface area contributed by atoms with Crippen LogP contribution in [0.1, 0.15) is 5.56 Å². The van der Waals surface area contributed by atoms with Crippen LogP contribution in [0.15, 0.2) is 24.4 Å². The smallest absolute Gasteiger partial charge is 0.211 e. The normalized spacial score (nSPS) is 10.2. The van der Waals surface area contributed by atoms with E-state index in [1.54, 1.807) is 12.1 Å². The molecular weight excluding hydrogens is 170 g/mol. The highest BCUT2D eigenvalue weighted by Crippen LogP contribution is 2.28. The molecule has 0 atom stereocenters. The number of phenolic OH excluding ortho intramolecular Hbond substituents is 2. The monoisotopic (exact) mass is 179 g/mol. The van der Waals surface area contributed by atoms with Crippen LogP contribution in [0.5, 0.6) is 11.5 Å². The number of carbonyl (C=O) groups is 1. The zero-order chi connectivity index (χ0) is 9.68. The van der Waals surface area contributed by atoms with Gasteiger partial charge in [0, 0.05) is 11.8 Å². The van der Waals surface area contributed by atoms with Crippen molar-refractivity contribution < 1.29 is 15.0 Å². The molecule has 0 heterocycles. The minimum Gasteiger partial charge on any atom is -0.504 e. The standard InChI is InChI=1S/C9H9NO3/c11-6-10-5-4-7-2-1-3-8(12)9(7)13/h1-6,12-13H,(H,10,11)/b5-4+. The van der Waals surface area contributed by atoms with Crippen molar-refractivity contribution in [3.8, 4) is 11.5 Å². The van der Waals surface area contributed by atoms with Crippen LogP contribution in [0.25, 0.3) is 6.08 Å². The fourth-order valence-corrected chi connectivity index (χ4v) is 0.860. The van der Waals surface area contributed by atoms with Gasteiger partial charge in [0.25, 0.3) is 0 Å². The van der Waals surface area contributed by atoms with Crippen molar-refractivity contribution in [3.63, 3.8) is 0 Å². The number of nitrogens with one attached hydrogen (secondary N) is 1. The Hall–Kier alpha value is -1.97. The zero-order valence-corrected chi connectivity index (χ0v) is 6.77. The van der Waals surface area contributed by atoms with E-state index in [-0.39, 0.29) is 11.5 Å². The van der Waals surface area contributed by atoms with Gasteiger partial charge in [-0.3, -0.25) is 4.79 Å². The first-order chi connectivity index (χ1) is 6.25. The van der Waals surface area contributed by atoms with Gasteiger partial charge in [-0.2, -0.15) is 0 Å². The molecular formula is C9H9NO3. The van der Waals surface area contributed by atoms with E-state index in [2.05, 4.69) is 5.32 Å². The number of carbonyl (C=O) groups excluding carboxylic acids is 1. The highest BCUT2D eigenvalue weighted by atomic mass is 16.3. The van der Waals surface area contributed by atoms with Crippen LogP contribution in [0.3, 0.4) is 0 Å². The van der Waals surface area contributed by atoms with Crippen LogP contribution < -0.4 is 5.32 Å². The van der Waals surface area contributed by atoms with Crippen molar-refractivity contribution in [2.75, 3.05) is 0 Å². The number of phenols is 2. The van der Waals surface area contributed by atoms with Crippen LogP contribution in [0, 0.1) is 0 Å². The molecule has 0 radical (unpaired) electrons. The summed E-state index contributed by atoms with van der Waals surface area (Å²) in [5.74, 6) is -0.389. The van der Waals surface area contributed by atoms with E-state index in [0.29, 0.717) is 12.0 Å². The Morgan fingerprint density at radius 1 is 1.31 bits per heavy atom. The summed E-state index contributed by atoms with van der Waals surface area (Å²) in [6.07, 6.45) is 3.35. The maximum Gasteiger partial charge on any atom is 0.211 e. The molecule has 13 heavy (non-hydrogen) atoms. The van der Waals surface area contributed by atoms with Crippen LogP contribution in [-0.4, -0.2) is 16.6 Å². The summed E-state index contributed by atoms with van der Waals surface area (Å²) >= 11 is 0. The molecule has 1 aromatic rings. The van der Waals surface area contributed by atoms with E-state index in [1.165, 1.54) is 18.3 Å². The highest BCUT2D eigenvalue weighted by Gasteiger charge is 2.00. The fourth-order valence-electron chi connectivity index (χ4n) is 0.860. The van der Waals surface area contributed by atoms with Crippen LogP contribution in [-0.2, 0) is 4.79 Å². The Labute approximate surface area is 75.1 Å². The molecule has 1 amide bonds. The predicted octanol–water partition coefficient (Wildman–Crippen LogP) is 0.814. The lowest BCUT2D eigenvalue weighted by atomic mass is 10.2.